The summed E-state index contributed by atoms with van der Waals surface area (Å²) in [5, 5.41) is 7.16. The van der Waals surface area contributed by atoms with Crippen LogP contribution in [-0.4, -0.2) is 76.8 Å². The molecule has 0 bridgehead atoms. The van der Waals surface area contributed by atoms with Gasteiger partial charge in [-0.05, 0) is 75.5 Å². The van der Waals surface area contributed by atoms with Gasteiger partial charge in [0.25, 0.3) is 5.56 Å². The Morgan fingerprint density at radius 1 is 1.04 bits per heavy atom. The monoisotopic (exact) mass is 644 g/mol. The zero-order chi connectivity index (χ0) is 30.9. The first-order chi connectivity index (χ1) is 21.9. The quantitative estimate of drug-likeness (QED) is 0.260. The van der Waals surface area contributed by atoms with E-state index in [4.69, 9.17) is 14.7 Å². The lowest BCUT2D eigenvalue weighted by Gasteiger charge is -2.29. The third-order valence-electron chi connectivity index (χ3n) is 8.73. The molecule has 2 aliphatic heterocycles. The summed E-state index contributed by atoms with van der Waals surface area (Å²) in [6.45, 7) is 3.70. The third kappa shape index (κ3) is 6.35. The number of pyridine rings is 1. The number of hydrogen-bond donors (Lipinski definition) is 1. The molecule has 2 saturated heterocycles. The van der Waals surface area contributed by atoms with Crippen molar-refractivity contribution in [3.8, 4) is 11.4 Å². The van der Waals surface area contributed by atoms with E-state index in [0.717, 1.165) is 36.6 Å². The molecule has 11 nitrogen and oxygen atoms in total. The summed E-state index contributed by atoms with van der Waals surface area (Å²) in [5.41, 5.74) is 2.88. The highest BCUT2D eigenvalue weighted by Crippen LogP contribution is 2.29. The van der Waals surface area contributed by atoms with Crippen LogP contribution in [0.4, 0.5) is 11.6 Å². The van der Waals surface area contributed by atoms with Gasteiger partial charge in [-0.25, -0.2) is 15.0 Å². The molecule has 6 heterocycles. The Hall–Kier alpha value is -3.78. The highest BCUT2D eigenvalue weighted by molar-refractivity contribution is 7.85. The second-order valence-electron chi connectivity index (χ2n) is 11.8. The molecular formula is C32H36N8O3S2. The Bertz CT molecular complexity index is 1870. The first-order valence-corrected chi connectivity index (χ1v) is 17.4. The first kappa shape index (κ1) is 29.9. The second kappa shape index (κ2) is 12.9. The van der Waals surface area contributed by atoms with Crippen molar-refractivity contribution in [2.45, 2.75) is 48.4 Å². The Balaban J connectivity index is 1.21. The highest BCUT2D eigenvalue weighted by Gasteiger charge is 2.26. The summed E-state index contributed by atoms with van der Waals surface area (Å²) in [6, 6.07) is 10.3. The van der Waals surface area contributed by atoms with E-state index in [1.165, 1.54) is 29.7 Å². The molecule has 13 heteroatoms. The number of piperidine rings is 1. The molecule has 234 valence electrons. The number of anilines is 2. The third-order valence-corrected chi connectivity index (χ3v) is 11.2. The summed E-state index contributed by atoms with van der Waals surface area (Å²) >= 11 is 1.48. The number of aromatic nitrogens is 6. The predicted molar refractivity (Wildman–Crippen MR) is 177 cm³/mol. The van der Waals surface area contributed by atoms with E-state index in [1.54, 1.807) is 33.8 Å². The smallest absolute Gasteiger partial charge is 0.263 e. The van der Waals surface area contributed by atoms with Crippen LogP contribution in [0.25, 0.3) is 22.4 Å². The van der Waals surface area contributed by atoms with Crippen LogP contribution >= 0.6 is 11.3 Å². The molecule has 2 aliphatic rings. The van der Waals surface area contributed by atoms with Gasteiger partial charge in [0, 0.05) is 60.6 Å². The molecule has 0 aliphatic carbocycles. The molecule has 7 rings (SSSR count). The van der Waals surface area contributed by atoms with Crippen LogP contribution in [-0.2, 0) is 29.1 Å². The fraction of sp³-hybridized carbons (Fsp3) is 0.406. The Morgan fingerprint density at radius 3 is 2.56 bits per heavy atom. The van der Waals surface area contributed by atoms with Gasteiger partial charge in [0.15, 0.2) is 0 Å². The summed E-state index contributed by atoms with van der Waals surface area (Å²) in [6.07, 6.45) is 9.01. The van der Waals surface area contributed by atoms with Crippen LogP contribution in [0.3, 0.4) is 0 Å². The van der Waals surface area contributed by atoms with Gasteiger partial charge in [0.1, 0.15) is 21.5 Å². The maximum atomic E-state index is 14.1. The minimum absolute atomic E-state index is 0.00975. The molecule has 0 radical (unpaired) electrons. The van der Waals surface area contributed by atoms with Crippen LogP contribution in [0.5, 0.6) is 0 Å². The lowest BCUT2D eigenvalue weighted by atomic mass is 9.89. The van der Waals surface area contributed by atoms with Crippen LogP contribution in [0.2, 0.25) is 0 Å². The minimum atomic E-state index is -1.29. The van der Waals surface area contributed by atoms with Gasteiger partial charge in [-0.15, -0.1) is 11.3 Å². The van der Waals surface area contributed by atoms with Crippen molar-refractivity contribution in [2.24, 2.45) is 7.05 Å². The van der Waals surface area contributed by atoms with E-state index in [9.17, 15) is 9.00 Å². The Labute approximate surface area is 267 Å². The number of benzene rings is 1. The predicted octanol–water partition coefficient (Wildman–Crippen LogP) is 4.54. The topological polar surface area (TPSA) is 120 Å². The highest BCUT2D eigenvalue weighted by atomic mass is 32.2. The molecule has 0 saturated carbocycles. The van der Waals surface area contributed by atoms with Crippen molar-refractivity contribution >= 4 is 44.8 Å². The lowest BCUT2D eigenvalue weighted by Crippen LogP contribution is -2.29. The Morgan fingerprint density at radius 2 is 1.82 bits per heavy atom. The zero-order valence-electron chi connectivity index (χ0n) is 25.4. The number of rotatable bonds is 8. The number of hydrogen-bond acceptors (Lipinski definition) is 10. The number of imidazole rings is 1. The molecule has 4 aromatic heterocycles. The van der Waals surface area contributed by atoms with Crippen LogP contribution in [0.15, 0.2) is 64.1 Å². The van der Waals surface area contributed by atoms with Gasteiger partial charge in [-0.1, -0.05) is 12.1 Å². The lowest BCUT2D eigenvalue weighted by molar-refractivity contribution is 0.0992. The number of likely N-dealkylation sites (tertiary alicyclic amines) is 1. The van der Waals surface area contributed by atoms with Crippen molar-refractivity contribution in [2.75, 3.05) is 38.7 Å². The maximum absolute atomic E-state index is 14.1. The average molecular weight is 645 g/mol. The van der Waals surface area contributed by atoms with Crippen molar-refractivity contribution in [1.82, 2.24) is 34.0 Å². The number of ether oxygens (including phenoxy) is 1. The fourth-order valence-electron chi connectivity index (χ4n) is 6.15. The van der Waals surface area contributed by atoms with E-state index < -0.39 is 10.8 Å². The second-order valence-corrected chi connectivity index (χ2v) is 14.5. The summed E-state index contributed by atoms with van der Waals surface area (Å²) in [7, 11) is 2.71. The van der Waals surface area contributed by atoms with E-state index in [2.05, 4.69) is 51.5 Å². The number of fused-ring (bicyclic) bond motifs is 1. The molecule has 2 fully saturated rings. The van der Waals surface area contributed by atoms with Gasteiger partial charge in [-0.3, -0.25) is 13.6 Å². The molecule has 1 atom stereocenters. The van der Waals surface area contributed by atoms with E-state index >= 15 is 0 Å². The number of thiazole rings is 1. The zero-order valence-corrected chi connectivity index (χ0v) is 27.0. The first-order valence-electron chi connectivity index (χ1n) is 15.3. The van der Waals surface area contributed by atoms with Gasteiger partial charge < -0.3 is 19.5 Å². The molecule has 45 heavy (non-hydrogen) atoms. The number of nitrogens with one attached hydrogen (secondary N) is 1. The molecule has 5 aromatic rings. The molecule has 1 unspecified atom stereocenters. The average Bonchev–Trinajstić information content (AvgIpc) is 3.73. The minimum Gasteiger partial charge on any atom is -0.381 e. The normalized spacial score (nSPS) is 17.6. The van der Waals surface area contributed by atoms with Crippen LogP contribution < -0.4 is 10.9 Å². The summed E-state index contributed by atoms with van der Waals surface area (Å²) in [4.78, 5) is 35.1. The van der Waals surface area contributed by atoms with Crippen molar-refractivity contribution in [3.63, 3.8) is 0 Å². The van der Waals surface area contributed by atoms with Crippen molar-refractivity contribution < 1.29 is 8.95 Å². The van der Waals surface area contributed by atoms with Gasteiger partial charge in [0.05, 0.1) is 22.9 Å². The summed E-state index contributed by atoms with van der Waals surface area (Å²) in [5.74, 6) is 1.44. The van der Waals surface area contributed by atoms with E-state index in [1.807, 2.05) is 12.4 Å². The maximum Gasteiger partial charge on any atom is 0.263 e. The van der Waals surface area contributed by atoms with E-state index in [0.29, 0.717) is 52.5 Å². The van der Waals surface area contributed by atoms with Gasteiger partial charge >= 0.3 is 0 Å². The van der Waals surface area contributed by atoms with Crippen LogP contribution in [0.1, 0.15) is 42.2 Å². The fourth-order valence-corrected chi connectivity index (χ4v) is 8.15. The molecular weight excluding hydrogens is 609 g/mol. The van der Waals surface area contributed by atoms with Crippen LogP contribution in [0, 0.1) is 0 Å². The SMILES string of the molecule is CN1CCC(c2ccc(Nc3ncc4cc(-c5nc(S(=O)C6CCOCC6)cn5C)c(=O)n(Cc5nccs5)c4n3)cc2)CC1. The molecule has 0 amide bonds. The molecule has 0 spiro atoms. The largest absolute Gasteiger partial charge is 0.381 e. The Kier molecular flexibility index (Phi) is 8.58. The van der Waals surface area contributed by atoms with E-state index in [-0.39, 0.29) is 17.4 Å². The molecule has 1 aromatic carbocycles. The summed E-state index contributed by atoms with van der Waals surface area (Å²) < 4.78 is 22.2. The standard InChI is InChI=1S/C32H36N8O3S2/c1-38-12-7-22(8-13-38)21-3-5-24(6-4-21)35-32-34-18-23-17-26(31(41)40(29(23)37-32)19-27-33-11-16-44-27)30-36-28(20-39(30)2)45(42)25-9-14-43-15-10-25/h3-6,11,16-18,20,22,25H,7-10,12-15,19H2,1-2H3,(H,34,35,37). The number of aryl methyl sites for hydroxylation is 1. The number of nitrogens with zero attached hydrogens (tertiary/aromatic N) is 7. The molecule has 1 N–H and O–H groups in total. The van der Waals surface area contributed by atoms with Gasteiger partial charge in [0.2, 0.25) is 5.95 Å². The van der Waals surface area contributed by atoms with Crippen molar-refractivity contribution in [3.05, 3.63) is 75.2 Å². The van der Waals surface area contributed by atoms with Crippen molar-refractivity contribution in [1.29, 1.82) is 0 Å². The van der Waals surface area contributed by atoms with Gasteiger partial charge in [-0.2, -0.15) is 4.98 Å².